The molecule has 3 nitrogen and oxygen atoms in total. The summed E-state index contributed by atoms with van der Waals surface area (Å²) in [6.45, 7) is 4.49. The average molecular weight is 247 g/mol. The van der Waals surface area contributed by atoms with E-state index in [-0.39, 0.29) is 5.56 Å². The molecule has 4 heteroatoms. The Labute approximate surface area is 107 Å². The van der Waals surface area contributed by atoms with E-state index in [1.165, 1.54) is 6.07 Å². The lowest BCUT2D eigenvalue weighted by Gasteiger charge is -2.38. The van der Waals surface area contributed by atoms with Crippen molar-refractivity contribution in [2.45, 2.75) is 13.3 Å². The van der Waals surface area contributed by atoms with Gasteiger partial charge in [-0.2, -0.15) is 5.26 Å². The lowest BCUT2D eigenvalue weighted by Crippen LogP contribution is -2.43. The Kier molecular flexibility index (Phi) is 3.83. The first-order valence-corrected chi connectivity index (χ1v) is 6.31. The lowest BCUT2D eigenvalue weighted by molar-refractivity contribution is 0.307. The second kappa shape index (κ2) is 5.36. The summed E-state index contributed by atoms with van der Waals surface area (Å²) in [6, 6.07) is 6.75. The monoisotopic (exact) mass is 247 g/mol. The summed E-state index contributed by atoms with van der Waals surface area (Å²) in [5, 5.41) is 9.06. The summed E-state index contributed by atoms with van der Waals surface area (Å²) in [7, 11) is 0. The third-order valence-electron chi connectivity index (χ3n) is 3.86. The third kappa shape index (κ3) is 2.32. The predicted octanol–water partition coefficient (Wildman–Crippen LogP) is 2.12. The minimum absolute atomic E-state index is 0.142. The lowest BCUT2D eigenvalue weighted by atomic mass is 9.86. The Morgan fingerprint density at radius 2 is 2.33 bits per heavy atom. The van der Waals surface area contributed by atoms with E-state index in [2.05, 4.69) is 11.8 Å². The smallest absolute Gasteiger partial charge is 0.143 e. The Hall–Kier alpha value is -1.60. The molecule has 2 unspecified atom stereocenters. The van der Waals surface area contributed by atoms with Gasteiger partial charge in [0.05, 0.1) is 5.69 Å². The second-order valence-electron chi connectivity index (χ2n) is 4.95. The maximum absolute atomic E-state index is 13.6. The first-order chi connectivity index (χ1) is 8.67. The molecule has 1 aromatic rings. The molecule has 0 spiro atoms. The zero-order valence-corrected chi connectivity index (χ0v) is 10.6. The number of hydrogen-bond donors (Lipinski definition) is 1. The molecule has 1 aromatic carbocycles. The van der Waals surface area contributed by atoms with E-state index in [9.17, 15) is 4.39 Å². The van der Waals surface area contributed by atoms with Crippen LogP contribution in [0.25, 0.3) is 0 Å². The first kappa shape index (κ1) is 12.8. The number of hydrogen-bond acceptors (Lipinski definition) is 3. The van der Waals surface area contributed by atoms with Gasteiger partial charge in [-0.3, -0.25) is 0 Å². The van der Waals surface area contributed by atoms with E-state index in [0.29, 0.717) is 24.1 Å². The number of halogens is 1. The predicted molar refractivity (Wildman–Crippen MR) is 69.7 cm³/mol. The molecular formula is C14H18FN3. The number of nitriles is 1. The van der Waals surface area contributed by atoms with Crippen LogP contribution in [0, 0.1) is 29.0 Å². The van der Waals surface area contributed by atoms with Crippen molar-refractivity contribution in [3.8, 4) is 6.07 Å². The fourth-order valence-electron chi connectivity index (χ4n) is 2.56. The normalized spacial score (nSPS) is 23.8. The number of anilines is 1. The minimum atomic E-state index is -0.446. The summed E-state index contributed by atoms with van der Waals surface area (Å²) in [4.78, 5) is 2.08. The van der Waals surface area contributed by atoms with Gasteiger partial charge in [0.15, 0.2) is 0 Å². The molecule has 0 saturated carbocycles. The highest BCUT2D eigenvalue weighted by atomic mass is 19.1. The minimum Gasteiger partial charge on any atom is -0.370 e. The molecule has 1 aliphatic heterocycles. The molecule has 0 bridgehead atoms. The largest absolute Gasteiger partial charge is 0.370 e. The fourth-order valence-corrected chi connectivity index (χ4v) is 2.56. The molecule has 96 valence electrons. The standard InChI is InChI=1S/C14H18FN3/c1-10-5-6-18(9-11(10)7-16)14-4-2-3-13(15)12(14)8-17/h2-4,10-11H,5-7,9,16H2,1H3. The molecular weight excluding hydrogens is 229 g/mol. The molecule has 1 aliphatic rings. The molecule has 1 fully saturated rings. The Balaban J connectivity index is 2.28. The third-order valence-corrected chi connectivity index (χ3v) is 3.86. The van der Waals surface area contributed by atoms with Gasteiger partial charge in [0.1, 0.15) is 17.4 Å². The zero-order valence-electron chi connectivity index (χ0n) is 10.6. The molecule has 0 amide bonds. The summed E-state index contributed by atoms with van der Waals surface area (Å²) in [6.07, 6.45) is 1.03. The van der Waals surface area contributed by atoms with E-state index in [4.69, 9.17) is 11.0 Å². The highest BCUT2D eigenvalue weighted by Gasteiger charge is 2.26. The van der Waals surface area contributed by atoms with Crippen LogP contribution in [-0.2, 0) is 0 Å². The van der Waals surface area contributed by atoms with E-state index >= 15 is 0 Å². The van der Waals surface area contributed by atoms with Crippen molar-refractivity contribution in [1.29, 1.82) is 5.26 Å². The van der Waals surface area contributed by atoms with E-state index < -0.39 is 5.82 Å². The van der Waals surface area contributed by atoms with Crippen LogP contribution in [-0.4, -0.2) is 19.6 Å². The summed E-state index contributed by atoms with van der Waals surface area (Å²) >= 11 is 0. The molecule has 2 N–H and O–H groups in total. The highest BCUT2D eigenvalue weighted by molar-refractivity contribution is 5.60. The van der Waals surface area contributed by atoms with Gasteiger partial charge in [-0.15, -0.1) is 0 Å². The first-order valence-electron chi connectivity index (χ1n) is 6.31. The van der Waals surface area contributed by atoms with Crippen LogP contribution in [0.4, 0.5) is 10.1 Å². The van der Waals surface area contributed by atoms with Crippen LogP contribution >= 0.6 is 0 Å². The Morgan fingerprint density at radius 1 is 1.56 bits per heavy atom. The average Bonchev–Trinajstić information content (AvgIpc) is 2.39. The Morgan fingerprint density at radius 3 is 3.00 bits per heavy atom. The van der Waals surface area contributed by atoms with Gasteiger partial charge in [0.2, 0.25) is 0 Å². The number of nitrogens with two attached hydrogens (primary N) is 1. The van der Waals surface area contributed by atoms with Crippen LogP contribution in [0.15, 0.2) is 18.2 Å². The zero-order chi connectivity index (χ0) is 13.1. The van der Waals surface area contributed by atoms with Crippen molar-refractivity contribution >= 4 is 5.69 Å². The van der Waals surface area contributed by atoms with Gasteiger partial charge < -0.3 is 10.6 Å². The summed E-state index contributed by atoms with van der Waals surface area (Å²) < 4.78 is 13.6. The van der Waals surface area contributed by atoms with Crippen LogP contribution in [0.5, 0.6) is 0 Å². The molecule has 1 saturated heterocycles. The van der Waals surface area contributed by atoms with Crippen LogP contribution in [0.2, 0.25) is 0 Å². The summed E-state index contributed by atoms with van der Waals surface area (Å²) in [5.74, 6) is 0.553. The molecule has 2 atom stereocenters. The van der Waals surface area contributed by atoms with Gasteiger partial charge in [0, 0.05) is 13.1 Å². The topological polar surface area (TPSA) is 53.0 Å². The number of benzene rings is 1. The summed E-state index contributed by atoms with van der Waals surface area (Å²) in [5.41, 5.74) is 6.61. The second-order valence-corrected chi connectivity index (χ2v) is 4.95. The van der Waals surface area contributed by atoms with E-state index in [1.807, 2.05) is 12.1 Å². The van der Waals surface area contributed by atoms with Gasteiger partial charge in [-0.05, 0) is 36.9 Å². The van der Waals surface area contributed by atoms with Crippen molar-refractivity contribution < 1.29 is 4.39 Å². The Bertz CT molecular complexity index is 467. The van der Waals surface area contributed by atoms with Crippen molar-refractivity contribution in [2.75, 3.05) is 24.5 Å². The molecule has 18 heavy (non-hydrogen) atoms. The van der Waals surface area contributed by atoms with Crippen molar-refractivity contribution in [1.82, 2.24) is 0 Å². The van der Waals surface area contributed by atoms with Gasteiger partial charge in [0.25, 0.3) is 0 Å². The van der Waals surface area contributed by atoms with E-state index in [0.717, 1.165) is 19.5 Å². The molecule has 2 rings (SSSR count). The van der Waals surface area contributed by atoms with Gasteiger partial charge in [-0.25, -0.2) is 4.39 Å². The van der Waals surface area contributed by atoms with Crippen LogP contribution in [0.1, 0.15) is 18.9 Å². The molecule has 1 heterocycles. The van der Waals surface area contributed by atoms with E-state index in [1.54, 1.807) is 6.07 Å². The fraction of sp³-hybridized carbons (Fsp3) is 0.500. The maximum Gasteiger partial charge on any atom is 0.143 e. The molecule has 0 aromatic heterocycles. The van der Waals surface area contributed by atoms with Crippen molar-refractivity contribution in [2.24, 2.45) is 17.6 Å². The number of piperidine rings is 1. The molecule has 0 aliphatic carbocycles. The quantitative estimate of drug-likeness (QED) is 0.871. The molecule has 0 radical (unpaired) electrons. The SMILES string of the molecule is CC1CCN(c2cccc(F)c2C#N)CC1CN. The van der Waals surface area contributed by atoms with Gasteiger partial charge >= 0.3 is 0 Å². The maximum atomic E-state index is 13.6. The number of nitrogens with zero attached hydrogens (tertiary/aromatic N) is 2. The van der Waals surface area contributed by atoms with Crippen LogP contribution < -0.4 is 10.6 Å². The van der Waals surface area contributed by atoms with Crippen LogP contribution in [0.3, 0.4) is 0 Å². The van der Waals surface area contributed by atoms with Crippen molar-refractivity contribution in [3.05, 3.63) is 29.6 Å². The number of rotatable bonds is 2. The van der Waals surface area contributed by atoms with Crippen molar-refractivity contribution in [3.63, 3.8) is 0 Å². The highest BCUT2D eigenvalue weighted by Crippen LogP contribution is 2.29. The van der Waals surface area contributed by atoms with Gasteiger partial charge in [-0.1, -0.05) is 13.0 Å².